The first-order valence-electron chi connectivity index (χ1n) is 7.39. The van der Waals surface area contributed by atoms with Crippen molar-refractivity contribution in [2.24, 2.45) is 0 Å². The molecule has 122 valence electrons. The molecule has 0 saturated carbocycles. The number of hydrogen-bond acceptors (Lipinski definition) is 6. The van der Waals surface area contributed by atoms with Crippen LogP contribution in [0.1, 0.15) is 30.2 Å². The van der Waals surface area contributed by atoms with E-state index < -0.39 is 12.1 Å². The zero-order valence-electron chi connectivity index (χ0n) is 13.1. The Hall–Kier alpha value is -2.28. The van der Waals surface area contributed by atoms with Crippen molar-refractivity contribution in [3.05, 3.63) is 46.2 Å². The van der Waals surface area contributed by atoms with E-state index in [4.69, 9.17) is 4.74 Å². The van der Waals surface area contributed by atoms with E-state index in [0.717, 1.165) is 17.1 Å². The van der Waals surface area contributed by atoms with Gasteiger partial charge in [-0.05, 0) is 25.5 Å². The molecule has 0 radical (unpaired) electrons. The molecule has 0 aliphatic heterocycles. The van der Waals surface area contributed by atoms with Gasteiger partial charge in [-0.25, -0.2) is 4.98 Å². The first-order valence-corrected chi connectivity index (χ1v) is 8.26. The molecule has 0 spiro atoms. The Bertz CT molecular complexity index is 658. The number of thiazole rings is 1. The van der Waals surface area contributed by atoms with Gasteiger partial charge < -0.3 is 10.1 Å². The summed E-state index contributed by atoms with van der Waals surface area (Å²) in [5.74, 6) is -0.810. The second kappa shape index (κ2) is 8.38. The normalized spacial score (nSPS) is 11.7. The Labute approximate surface area is 138 Å². The van der Waals surface area contributed by atoms with Gasteiger partial charge in [0.05, 0.1) is 29.4 Å². The molecule has 23 heavy (non-hydrogen) atoms. The smallest absolute Gasteiger partial charge is 0.312 e. The molecule has 2 aromatic heterocycles. The van der Waals surface area contributed by atoms with Crippen LogP contribution in [0.3, 0.4) is 0 Å². The molecule has 0 fully saturated rings. The highest BCUT2D eigenvalue weighted by atomic mass is 32.1. The Morgan fingerprint density at radius 1 is 1.35 bits per heavy atom. The number of nitrogens with one attached hydrogen (secondary N) is 1. The van der Waals surface area contributed by atoms with Crippen molar-refractivity contribution in [3.63, 3.8) is 0 Å². The van der Waals surface area contributed by atoms with E-state index in [9.17, 15) is 9.59 Å². The van der Waals surface area contributed by atoms with Crippen LogP contribution in [0.2, 0.25) is 0 Å². The molecule has 0 bridgehead atoms. The van der Waals surface area contributed by atoms with Crippen LogP contribution in [0, 0.1) is 0 Å². The zero-order chi connectivity index (χ0) is 16.7. The summed E-state index contributed by atoms with van der Waals surface area (Å²) in [6.45, 7) is 3.85. The van der Waals surface area contributed by atoms with Crippen LogP contribution in [0.25, 0.3) is 0 Å². The third-order valence-corrected chi connectivity index (χ3v) is 4.12. The Kier molecular flexibility index (Phi) is 6.22. The van der Waals surface area contributed by atoms with Gasteiger partial charge in [0.15, 0.2) is 6.10 Å². The van der Waals surface area contributed by atoms with Crippen molar-refractivity contribution in [2.75, 3.05) is 0 Å². The summed E-state index contributed by atoms with van der Waals surface area (Å²) < 4.78 is 5.14. The molecule has 1 N–H and O–H groups in total. The number of pyridine rings is 1. The number of nitrogens with zero attached hydrogens (tertiary/aromatic N) is 2. The number of hydrogen-bond donors (Lipinski definition) is 1. The van der Waals surface area contributed by atoms with Gasteiger partial charge in [-0.1, -0.05) is 13.0 Å². The van der Waals surface area contributed by atoms with Gasteiger partial charge in [0.2, 0.25) is 0 Å². The molecule has 0 unspecified atom stereocenters. The fraction of sp³-hybridized carbons (Fsp3) is 0.375. The molecule has 0 saturated heterocycles. The van der Waals surface area contributed by atoms with Gasteiger partial charge >= 0.3 is 5.97 Å². The molecule has 2 rings (SSSR count). The summed E-state index contributed by atoms with van der Waals surface area (Å²) in [5, 5.41) is 5.51. The van der Waals surface area contributed by atoms with Crippen LogP contribution in [0.5, 0.6) is 0 Å². The molecule has 0 aliphatic rings. The Morgan fingerprint density at radius 2 is 2.17 bits per heavy atom. The minimum absolute atomic E-state index is 0.0777. The number of aryl methyl sites for hydroxylation is 1. The topological polar surface area (TPSA) is 81.2 Å². The fourth-order valence-corrected chi connectivity index (χ4v) is 2.60. The number of aromatic nitrogens is 2. The number of ether oxygens (including phenoxy) is 1. The minimum atomic E-state index is -0.851. The summed E-state index contributed by atoms with van der Waals surface area (Å²) in [5.41, 5.74) is 1.42. The van der Waals surface area contributed by atoms with E-state index in [1.807, 2.05) is 24.4 Å². The highest BCUT2D eigenvalue weighted by Gasteiger charge is 2.18. The van der Waals surface area contributed by atoms with Gasteiger partial charge in [0.25, 0.3) is 5.91 Å². The summed E-state index contributed by atoms with van der Waals surface area (Å²) in [6.07, 6.45) is 1.72. The lowest BCUT2D eigenvalue weighted by molar-refractivity contribution is -0.154. The van der Waals surface area contributed by atoms with Crippen molar-refractivity contribution in [1.82, 2.24) is 15.3 Å². The number of carbonyl (C=O) groups is 2. The molecule has 1 atom stereocenters. The minimum Gasteiger partial charge on any atom is -0.452 e. The first-order chi connectivity index (χ1) is 11.1. The van der Waals surface area contributed by atoms with Crippen LogP contribution < -0.4 is 5.32 Å². The summed E-state index contributed by atoms with van der Waals surface area (Å²) in [6, 6.07) is 5.46. The molecule has 6 nitrogen and oxygen atoms in total. The maximum atomic E-state index is 11.9. The lowest BCUT2D eigenvalue weighted by Crippen LogP contribution is -2.35. The van der Waals surface area contributed by atoms with Crippen molar-refractivity contribution >= 4 is 23.2 Å². The molecular formula is C16H19N3O3S. The summed E-state index contributed by atoms with van der Waals surface area (Å²) >= 11 is 1.52. The Morgan fingerprint density at radius 3 is 2.83 bits per heavy atom. The quantitative estimate of drug-likeness (QED) is 0.783. The van der Waals surface area contributed by atoms with E-state index >= 15 is 0 Å². The molecule has 2 aromatic rings. The predicted molar refractivity (Wildman–Crippen MR) is 86.8 cm³/mol. The maximum absolute atomic E-state index is 11.9. The van der Waals surface area contributed by atoms with E-state index in [2.05, 4.69) is 15.3 Å². The Balaban J connectivity index is 1.77. The SMILES string of the molecule is CCc1nc(CC(=O)O[C@@H](C)C(=O)NCc2ccccn2)cs1. The van der Waals surface area contributed by atoms with Crippen molar-refractivity contribution in [3.8, 4) is 0 Å². The number of rotatable bonds is 7. The van der Waals surface area contributed by atoms with Gasteiger partial charge in [-0.3, -0.25) is 14.6 Å². The number of carbonyl (C=O) groups excluding carboxylic acids is 2. The van der Waals surface area contributed by atoms with Crippen molar-refractivity contribution < 1.29 is 14.3 Å². The van der Waals surface area contributed by atoms with Gasteiger partial charge in [-0.15, -0.1) is 11.3 Å². The second-order valence-corrected chi connectivity index (χ2v) is 5.88. The maximum Gasteiger partial charge on any atom is 0.312 e. The van der Waals surface area contributed by atoms with Crippen LogP contribution in [-0.2, 0) is 33.7 Å². The zero-order valence-corrected chi connectivity index (χ0v) is 13.9. The molecule has 0 aliphatic carbocycles. The van der Waals surface area contributed by atoms with Crippen LogP contribution in [0.15, 0.2) is 29.8 Å². The van der Waals surface area contributed by atoms with E-state index in [1.165, 1.54) is 11.3 Å². The van der Waals surface area contributed by atoms with Crippen molar-refractivity contribution in [1.29, 1.82) is 0 Å². The fourth-order valence-electron chi connectivity index (χ4n) is 1.86. The average molecular weight is 333 g/mol. The van der Waals surface area contributed by atoms with E-state index in [0.29, 0.717) is 12.2 Å². The van der Waals surface area contributed by atoms with E-state index in [-0.39, 0.29) is 12.3 Å². The van der Waals surface area contributed by atoms with E-state index in [1.54, 1.807) is 19.2 Å². The lowest BCUT2D eigenvalue weighted by Gasteiger charge is -2.13. The van der Waals surface area contributed by atoms with Crippen molar-refractivity contribution in [2.45, 2.75) is 39.3 Å². The third kappa shape index (κ3) is 5.45. The highest BCUT2D eigenvalue weighted by Crippen LogP contribution is 2.11. The van der Waals surface area contributed by atoms with Gasteiger partial charge in [0.1, 0.15) is 0 Å². The van der Waals surface area contributed by atoms with Crippen LogP contribution in [0.4, 0.5) is 0 Å². The lowest BCUT2D eigenvalue weighted by atomic mass is 10.3. The molecular weight excluding hydrogens is 314 g/mol. The monoisotopic (exact) mass is 333 g/mol. The molecule has 7 heteroatoms. The largest absolute Gasteiger partial charge is 0.452 e. The number of esters is 1. The molecule has 1 amide bonds. The summed E-state index contributed by atoms with van der Waals surface area (Å²) in [4.78, 5) is 32.2. The number of amides is 1. The van der Waals surface area contributed by atoms with Crippen LogP contribution >= 0.6 is 11.3 Å². The average Bonchev–Trinajstić information content (AvgIpc) is 3.00. The standard InChI is InChI=1S/C16H19N3O3S/c1-3-14-19-13(10-23-14)8-15(20)22-11(2)16(21)18-9-12-6-4-5-7-17-12/h4-7,10-11H,3,8-9H2,1-2H3,(H,18,21)/t11-/m0/s1. The van der Waals surface area contributed by atoms with Crippen LogP contribution in [-0.4, -0.2) is 27.9 Å². The molecule has 2 heterocycles. The molecule has 0 aromatic carbocycles. The highest BCUT2D eigenvalue weighted by molar-refractivity contribution is 7.09. The third-order valence-electron chi connectivity index (χ3n) is 3.07. The summed E-state index contributed by atoms with van der Waals surface area (Å²) in [7, 11) is 0. The second-order valence-electron chi connectivity index (χ2n) is 4.93. The predicted octanol–water partition coefficient (Wildman–Crippen LogP) is 1.89. The first kappa shape index (κ1) is 17.1. The van der Waals surface area contributed by atoms with Gasteiger partial charge in [0, 0.05) is 11.6 Å². The van der Waals surface area contributed by atoms with Gasteiger partial charge in [-0.2, -0.15) is 0 Å².